The summed E-state index contributed by atoms with van der Waals surface area (Å²) >= 11 is 0. The third kappa shape index (κ3) is 3.60. The van der Waals surface area contributed by atoms with E-state index in [1.54, 1.807) is 26.5 Å². The molecule has 0 bridgehead atoms. The van der Waals surface area contributed by atoms with E-state index in [0.717, 1.165) is 35.9 Å². The fourth-order valence-electron chi connectivity index (χ4n) is 4.05. The minimum atomic E-state index is -0.0600. The number of fused-ring (bicyclic) bond motifs is 1. The molecule has 1 saturated heterocycles. The van der Waals surface area contributed by atoms with Crippen LogP contribution in [0.1, 0.15) is 36.4 Å². The number of hydrogen-bond acceptors (Lipinski definition) is 5. The highest BCUT2D eigenvalue weighted by Gasteiger charge is 2.25. The molecule has 6 nitrogen and oxygen atoms in total. The van der Waals surface area contributed by atoms with E-state index in [1.165, 1.54) is 12.0 Å². The van der Waals surface area contributed by atoms with Crippen LogP contribution >= 0.6 is 0 Å². The molecule has 0 spiro atoms. The van der Waals surface area contributed by atoms with E-state index in [2.05, 4.69) is 20.9 Å². The summed E-state index contributed by atoms with van der Waals surface area (Å²) in [6.45, 7) is 1.59. The number of benzene rings is 1. The lowest BCUT2D eigenvalue weighted by molar-refractivity contribution is 0.139. The Labute approximate surface area is 164 Å². The third-order valence-electron chi connectivity index (χ3n) is 5.48. The summed E-state index contributed by atoms with van der Waals surface area (Å²) in [6.07, 6.45) is 7.16. The Bertz CT molecular complexity index is 1020. The summed E-state index contributed by atoms with van der Waals surface area (Å²) in [4.78, 5) is 22.4. The number of rotatable bonds is 5. The lowest BCUT2D eigenvalue weighted by atomic mass is 9.96. The highest BCUT2D eigenvalue weighted by atomic mass is 16.5. The van der Waals surface area contributed by atoms with Crippen LogP contribution < -0.4 is 15.0 Å². The quantitative estimate of drug-likeness (QED) is 0.733. The normalized spacial score (nSPS) is 17.6. The highest BCUT2D eigenvalue weighted by Crippen LogP contribution is 2.33. The summed E-state index contributed by atoms with van der Waals surface area (Å²) in [5.74, 6) is 1.25. The van der Waals surface area contributed by atoms with Crippen molar-refractivity contribution >= 4 is 10.9 Å². The van der Waals surface area contributed by atoms with Gasteiger partial charge in [-0.1, -0.05) is 12.5 Å². The van der Waals surface area contributed by atoms with Gasteiger partial charge in [-0.3, -0.25) is 14.7 Å². The molecule has 0 amide bonds. The van der Waals surface area contributed by atoms with Crippen LogP contribution in [0.2, 0.25) is 0 Å². The van der Waals surface area contributed by atoms with E-state index in [4.69, 9.17) is 9.47 Å². The van der Waals surface area contributed by atoms with Crippen molar-refractivity contribution in [3.05, 3.63) is 64.2 Å². The number of aromatic amines is 1. The van der Waals surface area contributed by atoms with E-state index in [-0.39, 0.29) is 5.56 Å². The molecule has 0 saturated carbocycles. The van der Waals surface area contributed by atoms with Gasteiger partial charge in [0.2, 0.25) is 0 Å². The van der Waals surface area contributed by atoms with Crippen molar-refractivity contribution in [2.45, 2.75) is 31.8 Å². The maximum atomic E-state index is 12.7. The Hall–Kier alpha value is -2.86. The molecule has 1 aromatic carbocycles. The number of ether oxygens (including phenoxy) is 2. The van der Waals surface area contributed by atoms with Crippen LogP contribution in [-0.2, 0) is 6.54 Å². The largest absolute Gasteiger partial charge is 0.493 e. The number of piperidine rings is 1. The number of pyridine rings is 2. The van der Waals surface area contributed by atoms with E-state index >= 15 is 0 Å². The van der Waals surface area contributed by atoms with Gasteiger partial charge in [-0.2, -0.15) is 0 Å². The smallest absolute Gasteiger partial charge is 0.252 e. The summed E-state index contributed by atoms with van der Waals surface area (Å²) in [5, 5.41) is 0.933. The Morgan fingerprint density at radius 3 is 2.75 bits per heavy atom. The average molecular weight is 379 g/mol. The van der Waals surface area contributed by atoms with Gasteiger partial charge in [0.1, 0.15) is 0 Å². The summed E-state index contributed by atoms with van der Waals surface area (Å²) in [6, 6.07) is 10.1. The number of H-pyrrole nitrogens is 1. The van der Waals surface area contributed by atoms with Gasteiger partial charge >= 0.3 is 0 Å². The van der Waals surface area contributed by atoms with E-state index in [0.29, 0.717) is 24.1 Å². The first-order valence-corrected chi connectivity index (χ1v) is 9.61. The standard InChI is InChI=1S/C22H25N3O3/c1-27-20-11-16-10-17(22(26)24-18(16)12-21(20)28-2)14-25-9-4-3-7-19(25)15-6-5-8-23-13-15/h5-6,8,10-13,19H,3-4,7,9,14H2,1-2H3,(H,24,26)/t19-/m0/s1. The fraction of sp³-hybridized carbons (Fsp3) is 0.364. The van der Waals surface area contributed by atoms with Gasteiger partial charge < -0.3 is 14.5 Å². The topological polar surface area (TPSA) is 67.5 Å². The number of likely N-dealkylation sites (tertiary alicyclic amines) is 1. The Morgan fingerprint density at radius 1 is 1.18 bits per heavy atom. The molecule has 1 N–H and O–H groups in total. The molecule has 3 heterocycles. The van der Waals surface area contributed by atoms with Crippen LogP contribution in [0.25, 0.3) is 10.9 Å². The lowest BCUT2D eigenvalue weighted by Gasteiger charge is -2.35. The molecule has 1 atom stereocenters. The Morgan fingerprint density at radius 2 is 2.00 bits per heavy atom. The van der Waals surface area contributed by atoms with Crippen molar-refractivity contribution in [3.63, 3.8) is 0 Å². The maximum absolute atomic E-state index is 12.7. The summed E-state index contributed by atoms with van der Waals surface area (Å²) in [7, 11) is 3.20. The molecule has 28 heavy (non-hydrogen) atoms. The van der Waals surface area contributed by atoms with Crippen molar-refractivity contribution in [1.29, 1.82) is 0 Å². The first kappa shape index (κ1) is 18.5. The molecule has 1 aliphatic heterocycles. The SMILES string of the molecule is COc1cc2cc(CN3CCCC[C@H]3c3cccnc3)c(=O)[nH]c2cc1OC. The maximum Gasteiger partial charge on any atom is 0.252 e. The van der Waals surface area contributed by atoms with E-state index in [9.17, 15) is 4.79 Å². The van der Waals surface area contributed by atoms with Crippen molar-refractivity contribution in [2.24, 2.45) is 0 Å². The molecule has 0 aliphatic carbocycles. The highest BCUT2D eigenvalue weighted by molar-refractivity contribution is 5.83. The monoisotopic (exact) mass is 379 g/mol. The molecule has 1 aliphatic rings. The van der Waals surface area contributed by atoms with Crippen molar-refractivity contribution in [3.8, 4) is 11.5 Å². The van der Waals surface area contributed by atoms with Crippen LogP contribution in [0.15, 0.2) is 47.5 Å². The fourth-order valence-corrected chi connectivity index (χ4v) is 4.05. The van der Waals surface area contributed by atoms with Crippen molar-refractivity contribution in [2.75, 3.05) is 20.8 Å². The van der Waals surface area contributed by atoms with Crippen molar-refractivity contribution < 1.29 is 9.47 Å². The number of nitrogens with zero attached hydrogens (tertiary/aromatic N) is 2. The second-order valence-corrected chi connectivity index (χ2v) is 7.19. The van der Waals surface area contributed by atoms with Crippen molar-refractivity contribution in [1.82, 2.24) is 14.9 Å². The number of nitrogens with one attached hydrogen (secondary N) is 1. The minimum absolute atomic E-state index is 0.0600. The predicted molar refractivity (Wildman–Crippen MR) is 109 cm³/mol. The predicted octanol–water partition coefficient (Wildman–Crippen LogP) is 3.67. The number of aromatic nitrogens is 2. The third-order valence-corrected chi connectivity index (χ3v) is 5.48. The molecule has 4 rings (SSSR count). The van der Waals surface area contributed by atoms with Gasteiger partial charge in [-0.15, -0.1) is 0 Å². The summed E-state index contributed by atoms with van der Waals surface area (Å²) < 4.78 is 10.7. The van der Waals surface area contributed by atoms with E-state index in [1.807, 2.05) is 24.4 Å². The van der Waals surface area contributed by atoms with Gasteiger partial charge in [0.05, 0.1) is 19.7 Å². The van der Waals surface area contributed by atoms with Gasteiger partial charge in [-0.05, 0) is 43.1 Å². The zero-order valence-corrected chi connectivity index (χ0v) is 16.3. The minimum Gasteiger partial charge on any atom is -0.493 e. The molecule has 6 heteroatoms. The van der Waals surface area contributed by atoms with Crippen LogP contribution in [0.3, 0.4) is 0 Å². The molecular formula is C22H25N3O3. The Kier molecular flexibility index (Phi) is 5.30. The molecule has 3 aromatic rings. The van der Waals surface area contributed by atoms with Crippen LogP contribution in [0, 0.1) is 0 Å². The van der Waals surface area contributed by atoms with Gasteiger partial charge in [0, 0.05) is 42.0 Å². The van der Waals surface area contributed by atoms with Gasteiger partial charge in [0.15, 0.2) is 11.5 Å². The van der Waals surface area contributed by atoms with Gasteiger partial charge in [-0.25, -0.2) is 0 Å². The first-order chi connectivity index (χ1) is 13.7. The molecule has 0 unspecified atom stereocenters. The number of hydrogen-bond donors (Lipinski definition) is 1. The zero-order valence-electron chi connectivity index (χ0n) is 16.3. The summed E-state index contributed by atoms with van der Waals surface area (Å²) in [5.41, 5.74) is 2.66. The molecule has 146 valence electrons. The lowest BCUT2D eigenvalue weighted by Crippen LogP contribution is -2.34. The molecule has 2 aromatic heterocycles. The van der Waals surface area contributed by atoms with E-state index < -0.39 is 0 Å². The zero-order chi connectivity index (χ0) is 19.5. The van der Waals surface area contributed by atoms with Crippen LogP contribution in [0.4, 0.5) is 0 Å². The molecular weight excluding hydrogens is 354 g/mol. The van der Waals surface area contributed by atoms with Crippen LogP contribution in [-0.4, -0.2) is 35.6 Å². The van der Waals surface area contributed by atoms with Crippen LogP contribution in [0.5, 0.6) is 11.5 Å². The number of methoxy groups -OCH3 is 2. The first-order valence-electron chi connectivity index (χ1n) is 9.61. The average Bonchev–Trinajstić information content (AvgIpc) is 2.74. The Balaban J connectivity index is 1.68. The second kappa shape index (κ2) is 8.02. The molecule has 0 radical (unpaired) electrons. The second-order valence-electron chi connectivity index (χ2n) is 7.19. The van der Waals surface area contributed by atoms with Gasteiger partial charge in [0.25, 0.3) is 5.56 Å². The molecule has 1 fully saturated rings.